The van der Waals surface area contributed by atoms with E-state index in [1.807, 2.05) is 4.72 Å². The molecule has 1 aliphatic carbocycles. The first-order chi connectivity index (χ1) is 11.3. The molecule has 1 aromatic rings. The molecule has 0 saturated carbocycles. The van der Waals surface area contributed by atoms with E-state index in [1.54, 1.807) is 0 Å². The number of benzene rings is 1. The van der Waals surface area contributed by atoms with Gasteiger partial charge in [0, 0.05) is 5.56 Å². The van der Waals surface area contributed by atoms with E-state index < -0.39 is 27.9 Å². The van der Waals surface area contributed by atoms with Gasteiger partial charge in [-0.15, -0.1) is 0 Å². The van der Waals surface area contributed by atoms with Crippen LogP contribution < -0.4 is 16.2 Å². The molecular formula is C16H21N3O4S. The Bertz CT molecular complexity index is 741. The summed E-state index contributed by atoms with van der Waals surface area (Å²) in [5.41, 5.74) is 11.1. The van der Waals surface area contributed by atoms with Gasteiger partial charge in [0.1, 0.15) is 0 Å². The zero-order chi connectivity index (χ0) is 17.7. The molecular weight excluding hydrogens is 330 g/mol. The summed E-state index contributed by atoms with van der Waals surface area (Å²) < 4.78 is 26.4. The molecule has 0 saturated heterocycles. The van der Waals surface area contributed by atoms with Gasteiger partial charge in [-0.3, -0.25) is 9.59 Å². The number of rotatable bonds is 6. The lowest BCUT2D eigenvalue weighted by Crippen LogP contribution is -2.44. The normalized spacial score (nSPS) is 18.8. The predicted molar refractivity (Wildman–Crippen MR) is 89.4 cm³/mol. The monoisotopic (exact) mass is 351 g/mol. The van der Waals surface area contributed by atoms with Crippen LogP contribution in [0.15, 0.2) is 41.3 Å². The second-order valence-corrected chi connectivity index (χ2v) is 7.53. The Balaban J connectivity index is 2.00. The number of sulfonamides is 1. The Morgan fingerprint density at radius 2 is 1.88 bits per heavy atom. The molecule has 130 valence electrons. The van der Waals surface area contributed by atoms with Crippen molar-refractivity contribution in [1.29, 1.82) is 0 Å². The molecule has 5 N–H and O–H groups in total. The molecule has 2 amide bonds. The fraction of sp³-hybridized carbons (Fsp3) is 0.375. The lowest BCUT2D eigenvalue weighted by Gasteiger charge is -2.21. The van der Waals surface area contributed by atoms with Crippen molar-refractivity contribution in [2.24, 2.45) is 17.4 Å². The zero-order valence-corrected chi connectivity index (χ0v) is 14.0. The summed E-state index contributed by atoms with van der Waals surface area (Å²) in [6.07, 6.45) is 7.31. The molecule has 2 rings (SSSR count). The minimum absolute atomic E-state index is 0.131. The molecule has 1 aromatic carbocycles. The van der Waals surface area contributed by atoms with Crippen LogP contribution in [0.4, 0.5) is 0 Å². The van der Waals surface area contributed by atoms with E-state index in [-0.39, 0.29) is 16.4 Å². The van der Waals surface area contributed by atoms with Gasteiger partial charge in [0.2, 0.25) is 5.91 Å². The molecule has 0 aliphatic heterocycles. The van der Waals surface area contributed by atoms with E-state index in [1.165, 1.54) is 24.3 Å². The fourth-order valence-electron chi connectivity index (χ4n) is 2.60. The second kappa shape index (κ2) is 7.59. The van der Waals surface area contributed by atoms with Crippen molar-refractivity contribution in [2.75, 3.05) is 0 Å². The number of amides is 2. The smallest absolute Gasteiger partial charge is 0.264 e. The van der Waals surface area contributed by atoms with Gasteiger partial charge in [-0.1, -0.05) is 12.2 Å². The van der Waals surface area contributed by atoms with Crippen LogP contribution in [0.1, 0.15) is 36.0 Å². The highest BCUT2D eigenvalue weighted by Gasteiger charge is 2.24. The van der Waals surface area contributed by atoms with Crippen molar-refractivity contribution >= 4 is 21.8 Å². The average molecular weight is 351 g/mol. The van der Waals surface area contributed by atoms with Crippen LogP contribution >= 0.6 is 0 Å². The summed E-state index contributed by atoms with van der Waals surface area (Å²) in [7, 11) is -4.03. The molecule has 0 aromatic heterocycles. The number of nitrogens with two attached hydrogens (primary N) is 2. The number of allylic oxidation sites excluding steroid dienone is 2. The maximum atomic E-state index is 12.2. The first-order valence-electron chi connectivity index (χ1n) is 7.66. The quantitative estimate of drug-likeness (QED) is 0.648. The van der Waals surface area contributed by atoms with Crippen molar-refractivity contribution in [3.05, 3.63) is 42.0 Å². The summed E-state index contributed by atoms with van der Waals surface area (Å²) >= 11 is 0. The van der Waals surface area contributed by atoms with Crippen LogP contribution in [0, 0.1) is 5.92 Å². The van der Waals surface area contributed by atoms with Gasteiger partial charge in [0.25, 0.3) is 15.9 Å². The maximum absolute atomic E-state index is 12.2. The molecule has 24 heavy (non-hydrogen) atoms. The molecule has 2 unspecified atom stereocenters. The van der Waals surface area contributed by atoms with E-state index in [9.17, 15) is 18.0 Å². The minimum atomic E-state index is -4.03. The van der Waals surface area contributed by atoms with Gasteiger partial charge in [-0.25, -0.2) is 13.1 Å². The highest BCUT2D eigenvalue weighted by molar-refractivity contribution is 7.90. The van der Waals surface area contributed by atoms with E-state index in [0.29, 0.717) is 6.42 Å². The van der Waals surface area contributed by atoms with E-state index >= 15 is 0 Å². The second-order valence-electron chi connectivity index (χ2n) is 5.85. The Kier molecular flexibility index (Phi) is 5.74. The maximum Gasteiger partial charge on any atom is 0.264 e. The molecule has 0 heterocycles. The summed E-state index contributed by atoms with van der Waals surface area (Å²) in [5, 5.41) is 0. The molecule has 0 spiro atoms. The summed E-state index contributed by atoms with van der Waals surface area (Å²) in [4.78, 5) is 22.9. The van der Waals surface area contributed by atoms with Gasteiger partial charge >= 0.3 is 0 Å². The SMILES string of the molecule is NC(=O)c1ccc(S(=O)(=O)NC(=O)C(N)CC2CC=CCC2)cc1. The van der Waals surface area contributed by atoms with E-state index in [0.717, 1.165) is 19.3 Å². The molecule has 0 fully saturated rings. The third-order valence-electron chi connectivity index (χ3n) is 3.99. The summed E-state index contributed by atoms with van der Waals surface area (Å²) in [5.74, 6) is -1.11. The van der Waals surface area contributed by atoms with Crippen molar-refractivity contribution in [2.45, 2.75) is 36.6 Å². The van der Waals surface area contributed by atoms with Crippen molar-refractivity contribution in [1.82, 2.24) is 4.72 Å². The van der Waals surface area contributed by atoms with Crippen molar-refractivity contribution in [3.63, 3.8) is 0 Å². The van der Waals surface area contributed by atoms with Crippen LogP contribution in [0.2, 0.25) is 0 Å². The van der Waals surface area contributed by atoms with E-state index in [4.69, 9.17) is 11.5 Å². The summed E-state index contributed by atoms with van der Waals surface area (Å²) in [6, 6.07) is 4.12. The van der Waals surface area contributed by atoms with Crippen LogP contribution in [-0.2, 0) is 14.8 Å². The molecule has 7 nitrogen and oxygen atoms in total. The fourth-order valence-corrected chi connectivity index (χ4v) is 3.63. The molecule has 1 aliphatic rings. The topological polar surface area (TPSA) is 132 Å². The molecule has 0 bridgehead atoms. The number of primary amides is 1. The number of carbonyl (C=O) groups excluding carboxylic acids is 2. The molecule has 2 atom stereocenters. The van der Waals surface area contributed by atoms with Crippen molar-refractivity contribution < 1.29 is 18.0 Å². The van der Waals surface area contributed by atoms with Crippen LogP contribution in [0.3, 0.4) is 0 Å². The lowest BCUT2D eigenvalue weighted by molar-refractivity contribution is -0.121. The molecule has 0 radical (unpaired) electrons. The first kappa shape index (κ1) is 18.2. The van der Waals surface area contributed by atoms with Gasteiger partial charge in [0.05, 0.1) is 10.9 Å². The Morgan fingerprint density at radius 1 is 1.21 bits per heavy atom. The Hall–Kier alpha value is -2.19. The Labute approximate surface area is 141 Å². The van der Waals surface area contributed by atoms with E-state index in [2.05, 4.69) is 12.2 Å². The largest absolute Gasteiger partial charge is 0.366 e. The van der Waals surface area contributed by atoms with Crippen LogP contribution in [-0.4, -0.2) is 26.3 Å². The lowest BCUT2D eigenvalue weighted by atomic mass is 9.89. The minimum Gasteiger partial charge on any atom is -0.366 e. The average Bonchev–Trinajstić information content (AvgIpc) is 2.55. The number of hydrogen-bond acceptors (Lipinski definition) is 5. The van der Waals surface area contributed by atoms with Gasteiger partial charge in [-0.2, -0.15) is 0 Å². The number of carbonyl (C=O) groups is 2. The standard InChI is InChI=1S/C16H21N3O4S/c17-14(10-11-4-2-1-3-5-11)16(21)19-24(22,23)13-8-6-12(7-9-13)15(18)20/h1-2,6-9,11,14H,3-5,10,17H2,(H2,18,20)(H,19,21). The highest BCUT2D eigenvalue weighted by atomic mass is 32.2. The number of hydrogen-bond donors (Lipinski definition) is 3. The van der Waals surface area contributed by atoms with Gasteiger partial charge in [-0.05, 0) is 55.9 Å². The third-order valence-corrected chi connectivity index (χ3v) is 5.35. The first-order valence-corrected chi connectivity index (χ1v) is 9.15. The summed E-state index contributed by atoms with van der Waals surface area (Å²) in [6.45, 7) is 0. The van der Waals surface area contributed by atoms with Crippen LogP contribution in [0.5, 0.6) is 0 Å². The number of nitrogens with one attached hydrogen (secondary N) is 1. The predicted octanol–water partition coefficient (Wildman–Crippen LogP) is 0.664. The van der Waals surface area contributed by atoms with Crippen LogP contribution in [0.25, 0.3) is 0 Å². The Morgan fingerprint density at radius 3 is 2.42 bits per heavy atom. The highest BCUT2D eigenvalue weighted by Crippen LogP contribution is 2.22. The van der Waals surface area contributed by atoms with Gasteiger partial charge in [0.15, 0.2) is 0 Å². The molecule has 8 heteroatoms. The van der Waals surface area contributed by atoms with Gasteiger partial charge < -0.3 is 11.5 Å². The van der Waals surface area contributed by atoms with Crippen molar-refractivity contribution in [3.8, 4) is 0 Å². The third kappa shape index (κ3) is 4.65. The zero-order valence-electron chi connectivity index (χ0n) is 13.1.